The fourth-order valence-electron chi connectivity index (χ4n) is 5.05. The highest BCUT2D eigenvalue weighted by molar-refractivity contribution is 8.00. The van der Waals surface area contributed by atoms with Crippen LogP contribution in [0.3, 0.4) is 0 Å². The zero-order valence-corrected chi connectivity index (χ0v) is 27.8. The fourth-order valence-corrected chi connectivity index (χ4v) is 6.91. The topological polar surface area (TPSA) is 93.1 Å². The Morgan fingerprint density at radius 2 is 1.40 bits per heavy atom. The number of rotatable bonds is 18. The SMILES string of the molecule is CCCCCCCCOc1cccc(C(O)c2ccccc2-c2ccc(Sc3ccc(OCCCC)cc3)c(S(=O)(=O)O)c2)c1. The second-order valence-corrected chi connectivity index (χ2v) is 13.6. The van der Waals surface area contributed by atoms with Gasteiger partial charge < -0.3 is 14.6 Å². The van der Waals surface area contributed by atoms with Crippen LogP contribution in [0, 0.1) is 0 Å². The van der Waals surface area contributed by atoms with Gasteiger partial charge in [0.15, 0.2) is 0 Å². The molecule has 0 radical (unpaired) electrons. The maximum absolute atomic E-state index is 12.5. The van der Waals surface area contributed by atoms with E-state index < -0.39 is 16.2 Å². The van der Waals surface area contributed by atoms with Crippen LogP contribution in [0.1, 0.15) is 82.4 Å². The average molecular weight is 649 g/mol. The lowest BCUT2D eigenvalue weighted by Crippen LogP contribution is -2.04. The van der Waals surface area contributed by atoms with Crippen molar-refractivity contribution in [1.29, 1.82) is 0 Å². The Hall–Kier alpha value is -3.30. The molecule has 1 atom stereocenters. The van der Waals surface area contributed by atoms with Gasteiger partial charge in [0, 0.05) is 9.79 Å². The first-order chi connectivity index (χ1) is 21.8. The number of hydrogen-bond donors (Lipinski definition) is 2. The molecule has 45 heavy (non-hydrogen) atoms. The zero-order valence-electron chi connectivity index (χ0n) is 26.2. The van der Waals surface area contributed by atoms with E-state index in [1.54, 1.807) is 6.07 Å². The second kappa shape index (κ2) is 17.4. The summed E-state index contributed by atoms with van der Waals surface area (Å²) in [6, 6.07) is 27.2. The average Bonchev–Trinajstić information content (AvgIpc) is 3.05. The highest BCUT2D eigenvalue weighted by atomic mass is 32.2. The van der Waals surface area contributed by atoms with Crippen molar-refractivity contribution >= 4 is 21.9 Å². The molecule has 0 saturated heterocycles. The molecule has 0 bridgehead atoms. The third-order valence-electron chi connectivity index (χ3n) is 7.55. The first kappa shape index (κ1) is 34.6. The molecule has 240 valence electrons. The predicted molar refractivity (Wildman–Crippen MR) is 182 cm³/mol. The van der Waals surface area contributed by atoms with E-state index in [1.807, 2.05) is 78.9 Å². The van der Waals surface area contributed by atoms with Gasteiger partial charge in [-0.1, -0.05) is 107 Å². The molecule has 0 fully saturated rings. The number of aliphatic hydroxyl groups is 1. The summed E-state index contributed by atoms with van der Waals surface area (Å²) >= 11 is 1.25. The molecule has 2 N–H and O–H groups in total. The van der Waals surface area contributed by atoms with E-state index in [1.165, 1.54) is 43.5 Å². The molecular formula is C37H44O6S2. The summed E-state index contributed by atoms with van der Waals surface area (Å²) in [6.45, 7) is 5.59. The van der Waals surface area contributed by atoms with Crippen molar-refractivity contribution in [2.24, 2.45) is 0 Å². The minimum Gasteiger partial charge on any atom is -0.494 e. The van der Waals surface area contributed by atoms with Gasteiger partial charge in [-0.2, -0.15) is 8.42 Å². The van der Waals surface area contributed by atoms with Crippen LogP contribution in [0.15, 0.2) is 106 Å². The molecule has 4 aromatic carbocycles. The molecule has 0 heterocycles. The van der Waals surface area contributed by atoms with Crippen molar-refractivity contribution in [3.8, 4) is 22.6 Å². The van der Waals surface area contributed by atoms with E-state index in [4.69, 9.17) is 9.47 Å². The highest BCUT2D eigenvalue weighted by Crippen LogP contribution is 2.39. The molecule has 0 amide bonds. The standard InChI is InChI=1S/C37H44O6S2/c1-3-5-7-8-9-12-25-43-31-15-13-14-29(26-31)37(38)34-17-11-10-16-33(34)28-18-23-35(36(27-28)45(39,40)41)44-32-21-19-30(20-22-32)42-24-6-4-2/h10-11,13-23,26-27,37-38H,3-9,12,24-25H2,1-2H3,(H,39,40,41). The molecule has 4 aromatic rings. The molecule has 1 unspecified atom stereocenters. The van der Waals surface area contributed by atoms with Crippen molar-refractivity contribution in [3.05, 3.63) is 102 Å². The lowest BCUT2D eigenvalue weighted by molar-refractivity contribution is 0.220. The quantitative estimate of drug-likeness (QED) is 0.0819. The monoisotopic (exact) mass is 648 g/mol. The third kappa shape index (κ3) is 10.4. The van der Waals surface area contributed by atoms with E-state index >= 15 is 0 Å². The Morgan fingerprint density at radius 1 is 0.711 bits per heavy atom. The van der Waals surface area contributed by atoms with Gasteiger partial charge in [0.2, 0.25) is 0 Å². The normalized spacial score (nSPS) is 12.2. The maximum Gasteiger partial charge on any atom is 0.295 e. The Kier molecular flexibility index (Phi) is 13.4. The zero-order chi connectivity index (χ0) is 32.1. The van der Waals surface area contributed by atoms with Crippen LogP contribution in [0.25, 0.3) is 11.1 Å². The first-order valence-corrected chi connectivity index (χ1v) is 18.1. The smallest absolute Gasteiger partial charge is 0.295 e. The van der Waals surface area contributed by atoms with Crippen molar-refractivity contribution in [2.45, 2.75) is 86.0 Å². The third-order valence-corrected chi connectivity index (χ3v) is 9.65. The van der Waals surface area contributed by atoms with Crippen molar-refractivity contribution < 1.29 is 27.6 Å². The Balaban J connectivity index is 1.52. The summed E-state index contributed by atoms with van der Waals surface area (Å²) in [5, 5.41) is 11.5. The Labute approximate surface area is 272 Å². The molecular weight excluding hydrogens is 605 g/mol. The number of ether oxygens (including phenoxy) is 2. The predicted octanol–water partition coefficient (Wildman–Crippen LogP) is 9.75. The summed E-state index contributed by atoms with van der Waals surface area (Å²) in [6.07, 6.45) is 8.15. The van der Waals surface area contributed by atoms with Crippen LogP contribution in [-0.4, -0.2) is 31.3 Å². The Morgan fingerprint density at radius 3 is 2.16 bits per heavy atom. The number of benzene rings is 4. The molecule has 0 aliphatic heterocycles. The largest absolute Gasteiger partial charge is 0.494 e. The van der Waals surface area contributed by atoms with Crippen LogP contribution in [0.5, 0.6) is 11.5 Å². The van der Waals surface area contributed by atoms with Gasteiger partial charge in [0.05, 0.1) is 13.2 Å². The van der Waals surface area contributed by atoms with Crippen LogP contribution < -0.4 is 9.47 Å². The van der Waals surface area contributed by atoms with Crippen LogP contribution >= 0.6 is 11.8 Å². The van der Waals surface area contributed by atoms with E-state index in [0.717, 1.165) is 36.3 Å². The molecule has 0 spiro atoms. The number of unbranched alkanes of at least 4 members (excludes halogenated alkanes) is 6. The molecule has 6 nitrogen and oxygen atoms in total. The van der Waals surface area contributed by atoms with Gasteiger partial charge in [0.25, 0.3) is 10.1 Å². The lowest BCUT2D eigenvalue weighted by Gasteiger charge is -2.18. The van der Waals surface area contributed by atoms with E-state index in [-0.39, 0.29) is 4.90 Å². The number of hydrogen-bond acceptors (Lipinski definition) is 6. The molecule has 0 aliphatic rings. The summed E-state index contributed by atoms with van der Waals surface area (Å²) < 4.78 is 47.0. The minimum absolute atomic E-state index is 0.192. The summed E-state index contributed by atoms with van der Waals surface area (Å²) in [7, 11) is -4.54. The van der Waals surface area contributed by atoms with Crippen molar-refractivity contribution in [3.63, 3.8) is 0 Å². The van der Waals surface area contributed by atoms with Gasteiger partial charge in [-0.3, -0.25) is 4.55 Å². The van der Waals surface area contributed by atoms with Gasteiger partial charge in [-0.15, -0.1) is 0 Å². The van der Waals surface area contributed by atoms with Gasteiger partial charge in [-0.25, -0.2) is 0 Å². The van der Waals surface area contributed by atoms with Gasteiger partial charge in [0.1, 0.15) is 22.5 Å². The van der Waals surface area contributed by atoms with E-state index in [9.17, 15) is 18.1 Å². The van der Waals surface area contributed by atoms with Crippen LogP contribution in [0.2, 0.25) is 0 Å². The molecule has 4 rings (SSSR count). The highest BCUT2D eigenvalue weighted by Gasteiger charge is 2.21. The molecule has 0 aliphatic carbocycles. The molecule has 0 saturated carbocycles. The summed E-state index contributed by atoms with van der Waals surface area (Å²) in [5.74, 6) is 1.46. The maximum atomic E-state index is 12.5. The van der Waals surface area contributed by atoms with Gasteiger partial charge in [-0.05, 0) is 83.6 Å². The van der Waals surface area contributed by atoms with Crippen molar-refractivity contribution in [1.82, 2.24) is 0 Å². The van der Waals surface area contributed by atoms with Crippen LogP contribution in [0.4, 0.5) is 0 Å². The minimum atomic E-state index is -4.54. The van der Waals surface area contributed by atoms with E-state index in [0.29, 0.717) is 46.1 Å². The van der Waals surface area contributed by atoms with Gasteiger partial charge >= 0.3 is 0 Å². The molecule has 8 heteroatoms. The summed E-state index contributed by atoms with van der Waals surface area (Å²) in [4.78, 5) is 1.02. The first-order valence-electron chi connectivity index (χ1n) is 15.8. The second-order valence-electron chi connectivity index (χ2n) is 11.1. The summed E-state index contributed by atoms with van der Waals surface area (Å²) in [5.41, 5.74) is 2.52. The lowest BCUT2D eigenvalue weighted by atomic mass is 9.93. The van der Waals surface area contributed by atoms with Crippen LogP contribution in [-0.2, 0) is 10.1 Å². The molecule has 0 aromatic heterocycles. The van der Waals surface area contributed by atoms with Crippen molar-refractivity contribution in [2.75, 3.05) is 13.2 Å². The van der Waals surface area contributed by atoms with E-state index in [2.05, 4.69) is 13.8 Å². The Bertz CT molecular complexity index is 1600. The fraction of sp³-hybridized carbons (Fsp3) is 0.351. The number of aliphatic hydroxyl groups excluding tert-OH is 1.